The van der Waals surface area contributed by atoms with E-state index in [1.165, 1.54) is 0 Å². The van der Waals surface area contributed by atoms with Crippen LogP contribution in [0.25, 0.3) is 0 Å². The number of carbonyl (C=O) groups excluding carboxylic acids is 1. The maximum atomic E-state index is 10.8. The number of hydrogen-bond donors (Lipinski definition) is 6. The number of hydrazone groups is 1. The van der Waals surface area contributed by atoms with Crippen LogP contribution in [-0.2, 0) is 4.79 Å². The molecule has 9 nitrogen and oxygen atoms in total. The molecular formula is C9H15N3O6. The number of amides is 1. The second-order valence-electron chi connectivity index (χ2n) is 3.37. The standard InChI is InChI=1S/C9H15N3O6/c10-2-1-7(16)12-11-3-5(14)8(17)9(18)6(15)4-13/h3,5-6,8-9,13-15,17-18H,1,4H2,(H,12,16)/b11-3-/t5-,6-,8+,9-/m1/s1. The van der Waals surface area contributed by atoms with E-state index < -0.39 is 43.4 Å². The van der Waals surface area contributed by atoms with Gasteiger partial charge in [0, 0.05) is 0 Å². The lowest BCUT2D eigenvalue weighted by molar-refractivity contribution is -0.120. The van der Waals surface area contributed by atoms with Gasteiger partial charge in [0.2, 0.25) is 0 Å². The van der Waals surface area contributed by atoms with E-state index in [4.69, 9.17) is 15.5 Å². The quantitative estimate of drug-likeness (QED) is 0.203. The summed E-state index contributed by atoms with van der Waals surface area (Å²) in [7, 11) is 0. The van der Waals surface area contributed by atoms with Gasteiger partial charge >= 0.3 is 0 Å². The van der Waals surface area contributed by atoms with Gasteiger partial charge in [-0.05, 0) is 0 Å². The third-order valence-corrected chi connectivity index (χ3v) is 1.94. The van der Waals surface area contributed by atoms with Crippen molar-refractivity contribution in [2.75, 3.05) is 6.61 Å². The van der Waals surface area contributed by atoms with Crippen molar-refractivity contribution in [2.45, 2.75) is 30.8 Å². The molecule has 0 aromatic rings. The van der Waals surface area contributed by atoms with Crippen molar-refractivity contribution >= 4 is 12.1 Å². The summed E-state index contributed by atoms with van der Waals surface area (Å²) in [5.41, 5.74) is 1.89. The second-order valence-corrected chi connectivity index (χ2v) is 3.37. The van der Waals surface area contributed by atoms with Crippen LogP contribution >= 0.6 is 0 Å². The number of aliphatic hydroxyl groups excluding tert-OH is 5. The van der Waals surface area contributed by atoms with Gasteiger partial charge < -0.3 is 25.5 Å². The maximum Gasteiger partial charge on any atom is 0.254 e. The van der Waals surface area contributed by atoms with Gasteiger partial charge in [-0.3, -0.25) is 4.79 Å². The lowest BCUT2D eigenvalue weighted by Crippen LogP contribution is -2.46. The fraction of sp³-hybridized carbons (Fsp3) is 0.667. The Balaban J connectivity index is 4.23. The van der Waals surface area contributed by atoms with Gasteiger partial charge in [0.25, 0.3) is 5.91 Å². The third kappa shape index (κ3) is 5.67. The molecule has 18 heavy (non-hydrogen) atoms. The summed E-state index contributed by atoms with van der Waals surface area (Å²) >= 11 is 0. The summed E-state index contributed by atoms with van der Waals surface area (Å²) in [5.74, 6) is -0.702. The minimum atomic E-state index is -1.79. The molecule has 0 bridgehead atoms. The second kappa shape index (κ2) is 8.51. The lowest BCUT2D eigenvalue weighted by atomic mass is 10.0. The van der Waals surface area contributed by atoms with Gasteiger partial charge in [0.15, 0.2) is 0 Å². The van der Waals surface area contributed by atoms with E-state index >= 15 is 0 Å². The molecule has 9 heteroatoms. The Morgan fingerprint density at radius 2 is 1.94 bits per heavy atom. The minimum Gasteiger partial charge on any atom is -0.394 e. The molecule has 1 amide bonds. The fourth-order valence-corrected chi connectivity index (χ4v) is 0.923. The predicted octanol–water partition coefficient (Wildman–Crippen LogP) is -3.56. The van der Waals surface area contributed by atoms with Crippen molar-refractivity contribution < 1.29 is 30.3 Å². The summed E-state index contributed by atoms with van der Waals surface area (Å²) in [6, 6.07) is 1.57. The van der Waals surface area contributed by atoms with E-state index in [0.717, 1.165) is 0 Å². The van der Waals surface area contributed by atoms with Crippen LogP contribution in [0.3, 0.4) is 0 Å². The van der Waals surface area contributed by atoms with Gasteiger partial charge in [-0.2, -0.15) is 10.4 Å². The summed E-state index contributed by atoms with van der Waals surface area (Å²) < 4.78 is 0. The van der Waals surface area contributed by atoms with E-state index in [2.05, 4.69) is 5.10 Å². The maximum absolute atomic E-state index is 10.8. The topological polar surface area (TPSA) is 166 Å². The van der Waals surface area contributed by atoms with E-state index in [9.17, 15) is 20.1 Å². The molecule has 0 heterocycles. The zero-order chi connectivity index (χ0) is 14.1. The SMILES string of the molecule is N#CCC(=O)N/N=C\[C@@H](O)[C@H](O)[C@H](O)[C@H](O)CO. The highest BCUT2D eigenvalue weighted by molar-refractivity contribution is 5.79. The fourth-order valence-electron chi connectivity index (χ4n) is 0.923. The molecule has 0 aromatic carbocycles. The molecule has 0 aliphatic carbocycles. The lowest BCUT2D eigenvalue weighted by Gasteiger charge is -2.23. The largest absolute Gasteiger partial charge is 0.394 e. The van der Waals surface area contributed by atoms with Gasteiger partial charge in [0.1, 0.15) is 30.8 Å². The molecule has 0 spiro atoms. The molecule has 6 N–H and O–H groups in total. The number of nitriles is 1. The first-order valence-electron chi connectivity index (χ1n) is 4.96. The molecule has 0 saturated carbocycles. The zero-order valence-electron chi connectivity index (χ0n) is 9.34. The minimum absolute atomic E-state index is 0.415. The molecule has 0 aliphatic rings. The van der Waals surface area contributed by atoms with Crippen molar-refractivity contribution in [1.29, 1.82) is 5.26 Å². The van der Waals surface area contributed by atoms with Gasteiger partial charge in [-0.25, -0.2) is 5.43 Å². The summed E-state index contributed by atoms with van der Waals surface area (Å²) in [6.45, 7) is -0.791. The van der Waals surface area contributed by atoms with Crippen LogP contribution in [0.15, 0.2) is 5.10 Å². The molecular weight excluding hydrogens is 246 g/mol. The number of nitrogens with zero attached hydrogens (tertiary/aromatic N) is 2. The predicted molar refractivity (Wildman–Crippen MR) is 58.0 cm³/mol. The summed E-state index contributed by atoms with van der Waals surface area (Å²) in [6.07, 6.45) is -6.54. The normalized spacial score (nSPS) is 17.8. The molecule has 0 fully saturated rings. The van der Waals surface area contributed by atoms with E-state index in [1.807, 2.05) is 5.43 Å². The molecule has 0 aliphatic heterocycles. The molecule has 0 radical (unpaired) electrons. The van der Waals surface area contributed by atoms with Gasteiger partial charge in [-0.1, -0.05) is 0 Å². The van der Waals surface area contributed by atoms with Crippen LogP contribution in [0.4, 0.5) is 0 Å². The number of rotatable bonds is 7. The van der Waals surface area contributed by atoms with E-state index in [-0.39, 0.29) is 0 Å². The molecule has 0 saturated heterocycles. The number of nitrogens with one attached hydrogen (secondary N) is 1. The average Bonchev–Trinajstić information content (AvgIpc) is 2.36. The van der Waals surface area contributed by atoms with Crippen molar-refractivity contribution in [3.8, 4) is 6.07 Å². The van der Waals surface area contributed by atoms with Crippen LogP contribution in [0.1, 0.15) is 6.42 Å². The number of hydrogen-bond acceptors (Lipinski definition) is 8. The monoisotopic (exact) mass is 261 g/mol. The Bertz CT molecular complexity index is 329. The van der Waals surface area contributed by atoms with Crippen LogP contribution in [0.2, 0.25) is 0 Å². The van der Waals surface area contributed by atoms with Gasteiger partial charge in [-0.15, -0.1) is 0 Å². The van der Waals surface area contributed by atoms with Crippen molar-refractivity contribution in [3.05, 3.63) is 0 Å². The van der Waals surface area contributed by atoms with Crippen LogP contribution in [-0.4, -0.2) is 68.7 Å². The molecule has 4 atom stereocenters. The van der Waals surface area contributed by atoms with Crippen molar-refractivity contribution in [2.24, 2.45) is 5.10 Å². The third-order valence-electron chi connectivity index (χ3n) is 1.94. The smallest absolute Gasteiger partial charge is 0.254 e. The van der Waals surface area contributed by atoms with E-state index in [0.29, 0.717) is 6.21 Å². The Kier molecular flexibility index (Phi) is 7.77. The highest BCUT2D eigenvalue weighted by atomic mass is 16.4. The van der Waals surface area contributed by atoms with Crippen LogP contribution in [0.5, 0.6) is 0 Å². The summed E-state index contributed by atoms with van der Waals surface area (Å²) in [4.78, 5) is 10.8. The van der Waals surface area contributed by atoms with E-state index in [1.54, 1.807) is 6.07 Å². The summed E-state index contributed by atoms with van der Waals surface area (Å²) in [5, 5.41) is 56.8. The Morgan fingerprint density at radius 1 is 1.33 bits per heavy atom. The first-order valence-corrected chi connectivity index (χ1v) is 4.96. The Labute approximate surface area is 103 Å². The number of carbonyl (C=O) groups is 1. The first kappa shape index (κ1) is 16.4. The van der Waals surface area contributed by atoms with Crippen LogP contribution < -0.4 is 5.43 Å². The first-order chi connectivity index (χ1) is 8.43. The van der Waals surface area contributed by atoms with Crippen molar-refractivity contribution in [1.82, 2.24) is 5.43 Å². The Morgan fingerprint density at radius 3 is 2.44 bits per heavy atom. The van der Waals surface area contributed by atoms with Gasteiger partial charge in [0.05, 0.1) is 18.9 Å². The highest BCUT2D eigenvalue weighted by Gasteiger charge is 2.29. The average molecular weight is 261 g/mol. The number of aliphatic hydroxyl groups is 5. The highest BCUT2D eigenvalue weighted by Crippen LogP contribution is 2.03. The molecule has 0 unspecified atom stereocenters. The molecule has 0 aromatic heterocycles. The zero-order valence-corrected chi connectivity index (χ0v) is 9.34. The molecule has 102 valence electrons. The Hall–Kier alpha value is -1.57. The van der Waals surface area contributed by atoms with Crippen LogP contribution in [0, 0.1) is 11.3 Å². The molecule has 0 rings (SSSR count). The van der Waals surface area contributed by atoms with Crippen molar-refractivity contribution in [3.63, 3.8) is 0 Å².